The molecule has 1 aromatic carbocycles. The summed E-state index contributed by atoms with van der Waals surface area (Å²) < 4.78 is 19.2. The number of allylic oxidation sites excluding steroid dienone is 1. The van der Waals surface area contributed by atoms with Gasteiger partial charge in [0.2, 0.25) is 0 Å². The summed E-state index contributed by atoms with van der Waals surface area (Å²) in [5.74, 6) is 1.11. The van der Waals surface area contributed by atoms with E-state index in [4.69, 9.17) is 25.8 Å². The molecule has 0 radical (unpaired) electrons. The third kappa shape index (κ3) is 5.88. The lowest BCUT2D eigenvalue weighted by Gasteiger charge is -2.17. The molecule has 0 aliphatic heterocycles. The average molecular weight is 527 g/mol. The summed E-state index contributed by atoms with van der Waals surface area (Å²) in [5.41, 5.74) is 1.81. The van der Waals surface area contributed by atoms with Gasteiger partial charge in [-0.15, -0.1) is 0 Å². The molecular formula is C27H31ClN4O5. The zero-order valence-corrected chi connectivity index (χ0v) is 22.2. The van der Waals surface area contributed by atoms with Crippen molar-refractivity contribution in [2.45, 2.75) is 46.2 Å². The van der Waals surface area contributed by atoms with Gasteiger partial charge < -0.3 is 14.2 Å². The van der Waals surface area contributed by atoms with Crippen molar-refractivity contribution in [3.63, 3.8) is 0 Å². The van der Waals surface area contributed by atoms with Crippen LogP contribution in [0.5, 0.6) is 5.75 Å². The monoisotopic (exact) mass is 526 g/mol. The molecule has 1 atom stereocenters. The summed E-state index contributed by atoms with van der Waals surface area (Å²) in [4.78, 5) is 25.8. The highest BCUT2D eigenvalue weighted by molar-refractivity contribution is 6.32. The SMILES string of the molecule is C=C/C(=C\c1c(C)c(Cn2cc3cc(OCC4CC4)c(Cl)cc3n2)nn(C(C)C(=O)OCC)c1=O)OC. The number of hydrogen-bond donors (Lipinski definition) is 0. The molecule has 0 spiro atoms. The van der Waals surface area contributed by atoms with Gasteiger partial charge in [0.1, 0.15) is 11.5 Å². The maximum Gasteiger partial charge on any atom is 0.330 e. The first kappa shape index (κ1) is 26.5. The van der Waals surface area contributed by atoms with E-state index >= 15 is 0 Å². The van der Waals surface area contributed by atoms with E-state index in [9.17, 15) is 9.59 Å². The first-order chi connectivity index (χ1) is 17.7. The Bertz CT molecular complexity index is 1420. The molecule has 1 unspecified atom stereocenters. The number of aromatic nitrogens is 4. The molecule has 0 saturated heterocycles. The van der Waals surface area contributed by atoms with E-state index in [1.807, 2.05) is 12.3 Å². The Morgan fingerprint density at radius 2 is 2.08 bits per heavy atom. The third-order valence-electron chi connectivity index (χ3n) is 6.31. The lowest BCUT2D eigenvalue weighted by molar-refractivity contribution is -0.147. The van der Waals surface area contributed by atoms with Crippen LogP contribution in [0.15, 0.2) is 41.5 Å². The average Bonchev–Trinajstić information content (AvgIpc) is 3.63. The Hall–Kier alpha value is -3.59. The zero-order chi connectivity index (χ0) is 26.7. The van der Waals surface area contributed by atoms with Crippen LogP contribution < -0.4 is 10.3 Å². The topological polar surface area (TPSA) is 97.5 Å². The van der Waals surface area contributed by atoms with Crippen molar-refractivity contribution in [1.29, 1.82) is 0 Å². The molecule has 2 heterocycles. The van der Waals surface area contributed by atoms with Crippen LogP contribution in [0.4, 0.5) is 0 Å². The van der Waals surface area contributed by atoms with Crippen molar-refractivity contribution >= 4 is 34.5 Å². The summed E-state index contributed by atoms with van der Waals surface area (Å²) in [7, 11) is 1.49. The zero-order valence-electron chi connectivity index (χ0n) is 21.5. The standard InChI is InChI=1S/C27H31ClN4O5/c1-6-20(35-5)11-21-16(3)24(30-32(26(21)33)17(4)27(34)36-7-2)14-31-13-19-10-25(37-15-18-8-9-18)22(28)12-23(19)29-31/h6,10-13,17-18H,1,7-9,14-15H2,2-5H3/b20-11+. The van der Waals surface area contributed by atoms with Crippen LogP contribution in [0.1, 0.15) is 49.6 Å². The third-order valence-corrected chi connectivity index (χ3v) is 6.61. The summed E-state index contributed by atoms with van der Waals surface area (Å²) in [6, 6.07) is 2.75. The highest BCUT2D eigenvalue weighted by Gasteiger charge is 2.24. The van der Waals surface area contributed by atoms with E-state index in [1.165, 1.54) is 26.0 Å². The van der Waals surface area contributed by atoms with Crippen molar-refractivity contribution < 1.29 is 19.0 Å². The van der Waals surface area contributed by atoms with Gasteiger partial charge >= 0.3 is 5.97 Å². The molecule has 1 fully saturated rings. The summed E-state index contributed by atoms with van der Waals surface area (Å²) >= 11 is 6.43. The van der Waals surface area contributed by atoms with Crippen LogP contribution in [0, 0.1) is 12.8 Å². The van der Waals surface area contributed by atoms with E-state index in [0.717, 1.165) is 10.1 Å². The molecule has 1 aliphatic rings. The van der Waals surface area contributed by atoms with E-state index in [2.05, 4.69) is 16.8 Å². The van der Waals surface area contributed by atoms with Gasteiger partial charge in [-0.05, 0) is 69.4 Å². The van der Waals surface area contributed by atoms with Gasteiger partial charge in [-0.1, -0.05) is 18.2 Å². The highest BCUT2D eigenvalue weighted by atomic mass is 35.5. The molecule has 10 heteroatoms. The smallest absolute Gasteiger partial charge is 0.330 e. The van der Waals surface area contributed by atoms with Gasteiger partial charge in [0.05, 0.1) is 43.1 Å². The highest BCUT2D eigenvalue weighted by Crippen LogP contribution is 2.34. The predicted octanol–water partition coefficient (Wildman–Crippen LogP) is 4.69. The Morgan fingerprint density at radius 3 is 2.73 bits per heavy atom. The van der Waals surface area contributed by atoms with Gasteiger partial charge in [-0.25, -0.2) is 9.48 Å². The second-order valence-electron chi connectivity index (χ2n) is 9.04. The predicted molar refractivity (Wildman–Crippen MR) is 142 cm³/mol. The van der Waals surface area contributed by atoms with Gasteiger partial charge in [0.25, 0.3) is 5.56 Å². The normalized spacial score (nSPS) is 14.5. The number of nitrogens with zero attached hydrogens (tertiary/aromatic N) is 4. The molecule has 0 bridgehead atoms. The molecule has 2 aromatic heterocycles. The number of fused-ring (bicyclic) bond motifs is 1. The minimum atomic E-state index is -0.921. The van der Waals surface area contributed by atoms with Crippen molar-refractivity contribution in [3.8, 4) is 5.75 Å². The largest absolute Gasteiger partial charge is 0.497 e. The molecule has 37 heavy (non-hydrogen) atoms. The van der Waals surface area contributed by atoms with Crippen molar-refractivity contribution in [2.75, 3.05) is 20.3 Å². The van der Waals surface area contributed by atoms with Gasteiger partial charge in [0.15, 0.2) is 6.04 Å². The second-order valence-corrected chi connectivity index (χ2v) is 9.45. The lowest BCUT2D eigenvalue weighted by Crippen LogP contribution is -2.34. The molecule has 1 saturated carbocycles. The number of halogens is 1. The maximum atomic E-state index is 13.3. The quantitative estimate of drug-likeness (QED) is 0.203. The van der Waals surface area contributed by atoms with Crippen LogP contribution >= 0.6 is 11.6 Å². The van der Waals surface area contributed by atoms with Crippen molar-refractivity contribution in [2.24, 2.45) is 5.92 Å². The first-order valence-corrected chi connectivity index (χ1v) is 12.6. The minimum Gasteiger partial charge on any atom is -0.497 e. The molecule has 4 rings (SSSR count). The van der Waals surface area contributed by atoms with E-state index in [-0.39, 0.29) is 13.2 Å². The van der Waals surface area contributed by atoms with E-state index < -0.39 is 17.6 Å². The number of rotatable bonds is 11. The molecule has 9 nitrogen and oxygen atoms in total. The Morgan fingerprint density at radius 1 is 1.32 bits per heavy atom. The van der Waals surface area contributed by atoms with Crippen LogP contribution in [0.25, 0.3) is 17.0 Å². The van der Waals surface area contributed by atoms with Crippen LogP contribution in [-0.2, 0) is 20.8 Å². The Labute approximate surface area is 220 Å². The maximum absolute atomic E-state index is 13.3. The second kappa shape index (κ2) is 11.2. The van der Waals surface area contributed by atoms with Crippen LogP contribution in [0.3, 0.4) is 0 Å². The number of ether oxygens (including phenoxy) is 3. The Balaban J connectivity index is 1.74. The van der Waals surface area contributed by atoms with Gasteiger partial charge in [-0.2, -0.15) is 10.2 Å². The van der Waals surface area contributed by atoms with Gasteiger partial charge in [-0.3, -0.25) is 9.48 Å². The summed E-state index contributed by atoms with van der Waals surface area (Å²) in [6.45, 7) is 9.93. The van der Waals surface area contributed by atoms with E-state index in [0.29, 0.717) is 51.4 Å². The summed E-state index contributed by atoms with van der Waals surface area (Å²) in [5, 5.41) is 10.6. The van der Waals surface area contributed by atoms with Gasteiger partial charge in [0, 0.05) is 17.1 Å². The fourth-order valence-electron chi connectivity index (χ4n) is 3.89. The van der Waals surface area contributed by atoms with E-state index in [1.54, 1.807) is 37.6 Å². The number of carbonyl (C=O) groups is 1. The number of carbonyl (C=O) groups excluding carboxylic acids is 1. The first-order valence-electron chi connectivity index (χ1n) is 12.2. The lowest BCUT2D eigenvalue weighted by atomic mass is 10.1. The minimum absolute atomic E-state index is 0.197. The summed E-state index contributed by atoms with van der Waals surface area (Å²) in [6.07, 6.45) is 7.35. The molecule has 0 N–H and O–H groups in total. The molecular weight excluding hydrogens is 496 g/mol. The number of esters is 1. The van der Waals surface area contributed by atoms with Crippen LogP contribution in [-0.4, -0.2) is 45.9 Å². The molecule has 1 aliphatic carbocycles. The number of methoxy groups -OCH3 is 1. The molecule has 196 valence electrons. The fraction of sp³-hybridized carbons (Fsp3) is 0.407. The number of benzene rings is 1. The van der Waals surface area contributed by atoms with Crippen LogP contribution in [0.2, 0.25) is 5.02 Å². The molecule has 3 aromatic rings. The van der Waals surface area contributed by atoms with Crippen molar-refractivity contribution in [3.05, 3.63) is 68.9 Å². The molecule has 0 amide bonds. The fourth-order valence-corrected chi connectivity index (χ4v) is 4.10. The number of hydrogen-bond acceptors (Lipinski definition) is 7. The van der Waals surface area contributed by atoms with Crippen molar-refractivity contribution in [1.82, 2.24) is 19.6 Å². The Kier molecular flexibility index (Phi) is 8.02.